The lowest BCUT2D eigenvalue weighted by Crippen LogP contribution is -2.28. The molecule has 2 rings (SSSR count). The average molecular weight is 213 g/mol. The van der Waals surface area contributed by atoms with Crippen molar-refractivity contribution >= 4 is 11.8 Å². The fourth-order valence-corrected chi connectivity index (χ4v) is 2.60. The molecule has 1 saturated heterocycles. The molecular formula is C8H15N5S. The molecule has 0 radical (unpaired) electrons. The number of nitrogen functional groups attached to an aromatic ring is 1. The van der Waals surface area contributed by atoms with E-state index in [0.717, 1.165) is 29.9 Å². The lowest BCUT2D eigenvalue weighted by Gasteiger charge is -2.21. The maximum atomic E-state index is 5.61. The standard InChI is InChI=1S/C8H15N5S/c9-13-6-11-12-8(13)14-5-7-1-3-10-4-2-7/h6-7,10H,1-5,9H2. The van der Waals surface area contributed by atoms with Gasteiger partial charge in [0.05, 0.1) is 0 Å². The summed E-state index contributed by atoms with van der Waals surface area (Å²) in [5.41, 5.74) is 0. The smallest absolute Gasteiger partial charge is 0.209 e. The van der Waals surface area contributed by atoms with Crippen molar-refractivity contribution in [1.29, 1.82) is 0 Å². The predicted octanol–water partition coefficient (Wildman–Crippen LogP) is 0.0836. The molecule has 0 bridgehead atoms. The largest absolute Gasteiger partial charge is 0.336 e. The molecule has 5 nitrogen and oxygen atoms in total. The second-order valence-corrected chi connectivity index (χ2v) is 4.51. The van der Waals surface area contributed by atoms with E-state index in [1.165, 1.54) is 23.8 Å². The molecule has 0 aliphatic carbocycles. The minimum atomic E-state index is 0.790. The number of rotatable bonds is 3. The Morgan fingerprint density at radius 2 is 2.36 bits per heavy atom. The van der Waals surface area contributed by atoms with E-state index >= 15 is 0 Å². The molecule has 6 heteroatoms. The summed E-state index contributed by atoms with van der Waals surface area (Å²) in [6.45, 7) is 2.28. The minimum Gasteiger partial charge on any atom is -0.336 e. The van der Waals surface area contributed by atoms with Crippen LogP contribution in [0.1, 0.15) is 12.8 Å². The first kappa shape index (κ1) is 9.79. The van der Waals surface area contributed by atoms with E-state index in [4.69, 9.17) is 5.84 Å². The van der Waals surface area contributed by atoms with Crippen LogP contribution in [0.15, 0.2) is 11.5 Å². The lowest BCUT2D eigenvalue weighted by molar-refractivity contribution is 0.407. The Morgan fingerprint density at radius 3 is 3.00 bits per heavy atom. The fraction of sp³-hybridized carbons (Fsp3) is 0.750. The van der Waals surface area contributed by atoms with Crippen LogP contribution < -0.4 is 11.2 Å². The van der Waals surface area contributed by atoms with Gasteiger partial charge in [-0.3, -0.25) is 0 Å². The van der Waals surface area contributed by atoms with Crippen molar-refractivity contribution in [2.75, 3.05) is 24.7 Å². The van der Waals surface area contributed by atoms with Crippen LogP contribution in [0.2, 0.25) is 0 Å². The van der Waals surface area contributed by atoms with Gasteiger partial charge in [-0.25, -0.2) is 4.68 Å². The summed E-state index contributed by atoms with van der Waals surface area (Å²) < 4.78 is 1.48. The average Bonchev–Trinajstić information content (AvgIpc) is 2.63. The van der Waals surface area contributed by atoms with Crippen molar-refractivity contribution in [3.05, 3.63) is 6.33 Å². The van der Waals surface area contributed by atoms with Gasteiger partial charge >= 0.3 is 0 Å². The highest BCUT2D eigenvalue weighted by atomic mass is 32.2. The van der Waals surface area contributed by atoms with E-state index in [1.807, 2.05) is 0 Å². The highest BCUT2D eigenvalue weighted by Gasteiger charge is 2.14. The van der Waals surface area contributed by atoms with Crippen LogP contribution >= 0.6 is 11.8 Å². The minimum absolute atomic E-state index is 0.790. The van der Waals surface area contributed by atoms with E-state index < -0.39 is 0 Å². The normalized spacial score (nSPS) is 18.6. The Kier molecular flexibility index (Phi) is 3.26. The maximum Gasteiger partial charge on any atom is 0.209 e. The Morgan fingerprint density at radius 1 is 1.57 bits per heavy atom. The molecule has 1 aliphatic heterocycles. The summed E-state index contributed by atoms with van der Waals surface area (Å²) in [6, 6.07) is 0. The molecule has 0 atom stereocenters. The summed E-state index contributed by atoms with van der Waals surface area (Å²) in [5.74, 6) is 7.50. The molecular weight excluding hydrogens is 198 g/mol. The van der Waals surface area contributed by atoms with Crippen LogP contribution in [-0.2, 0) is 0 Å². The van der Waals surface area contributed by atoms with Crippen molar-refractivity contribution in [1.82, 2.24) is 20.2 Å². The molecule has 0 unspecified atom stereocenters. The van der Waals surface area contributed by atoms with Crippen molar-refractivity contribution in [2.45, 2.75) is 18.0 Å². The van der Waals surface area contributed by atoms with E-state index in [1.54, 1.807) is 11.8 Å². The first-order valence-corrected chi connectivity index (χ1v) is 5.83. The molecule has 14 heavy (non-hydrogen) atoms. The number of hydrogen-bond donors (Lipinski definition) is 2. The number of piperidine rings is 1. The first-order chi connectivity index (χ1) is 6.86. The van der Waals surface area contributed by atoms with Gasteiger partial charge in [0.1, 0.15) is 6.33 Å². The summed E-state index contributed by atoms with van der Waals surface area (Å²) in [6.07, 6.45) is 4.04. The Balaban J connectivity index is 1.79. The van der Waals surface area contributed by atoms with Crippen molar-refractivity contribution in [3.63, 3.8) is 0 Å². The maximum absolute atomic E-state index is 5.61. The van der Waals surface area contributed by atoms with Gasteiger partial charge in [0.15, 0.2) is 0 Å². The second-order valence-electron chi connectivity index (χ2n) is 3.53. The third-order valence-corrected chi connectivity index (χ3v) is 3.64. The van der Waals surface area contributed by atoms with Crippen molar-refractivity contribution in [3.8, 4) is 0 Å². The zero-order chi connectivity index (χ0) is 9.80. The third kappa shape index (κ3) is 2.39. The monoisotopic (exact) mass is 213 g/mol. The molecule has 1 aromatic heterocycles. The zero-order valence-corrected chi connectivity index (χ0v) is 8.83. The van der Waals surface area contributed by atoms with Gasteiger partial charge in [-0.2, -0.15) is 0 Å². The molecule has 1 fully saturated rings. The van der Waals surface area contributed by atoms with Gasteiger partial charge in [0.2, 0.25) is 5.16 Å². The quantitative estimate of drug-likeness (QED) is 0.550. The summed E-state index contributed by atoms with van der Waals surface area (Å²) >= 11 is 1.70. The molecule has 0 spiro atoms. The Labute approximate surface area is 87.4 Å². The number of hydrogen-bond acceptors (Lipinski definition) is 5. The molecule has 1 aromatic rings. The molecule has 3 N–H and O–H groups in total. The Hall–Kier alpha value is -0.750. The van der Waals surface area contributed by atoms with Crippen LogP contribution in [0.3, 0.4) is 0 Å². The zero-order valence-electron chi connectivity index (χ0n) is 8.02. The first-order valence-electron chi connectivity index (χ1n) is 4.85. The molecule has 1 aliphatic rings. The van der Waals surface area contributed by atoms with Crippen LogP contribution in [0.4, 0.5) is 0 Å². The molecule has 0 saturated carbocycles. The van der Waals surface area contributed by atoms with Gasteiger partial charge in [-0.15, -0.1) is 10.2 Å². The van der Waals surface area contributed by atoms with Gasteiger partial charge in [0, 0.05) is 5.75 Å². The van der Waals surface area contributed by atoms with Crippen LogP contribution in [0.5, 0.6) is 0 Å². The predicted molar refractivity (Wildman–Crippen MR) is 56.5 cm³/mol. The third-order valence-electron chi connectivity index (χ3n) is 2.45. The van der Waals surface area contributed by atoms with E-state index in [2.05, 4.69) is 15.5 Å². The fourth-order valence-electron chi connectivity index (χ4n) is 1.58. The van der Waals surface area contributed by atoms with E-state index in [-0.39, 0.29) is 0 Å². The number of nitrogens with two attached hydrogens (primary N) is 1. The van der Waals surface area contributed by atoms with Crippen LogP contribution in [-0.4, -0.2) is 33.7 Å². The van der Waals surface area contributed by atoms with Crippen LogP contribution in [0, 0.1) is 5.92 Å². The number of nitrogens with one attached hydrogen (secondary N) is 1. The van der Waals surface area contributed by atoms with Gasteiger partial charge in [-0.05, 0) is 31.8 Å². The van der Waals surface area contributed by atoms with E-state index in [9.17, 15) is 0 Å². The summed E-state index contributed by atoms with van der Waals surface area (Å²) in [5, 5.41) is 11.8. The number of nitrogens with zero attached hydrogens (tertiary/aromatic N) is 3. The second kappa shape index (κ2) is 4.65. The number of thioether (sulfide) groups is 1. The summed E-state index contributed by atoms with van der Waals surface area (Å²) in [7, 11) is 0. The van der Waals surface area contributed by atoms with Crippen LogP contribution in [0.25, 0.3) is 0 Å². The van der Waals surface area contributed by atoms with E-state index in [0.29, 0.717) is 0 Å². The lowest BCUT2D eigenvalue weighted by atomic mass is 10.0. The van der Waals surface area contributed by atoms with Gasteiger partial charge < -0.3 is 11.2 Å². The van der Waals surface area contributed by atoms with Gasteiger partial charge in [-0.1, -0.05) is 11.8 Å². The molecule has 0 amide bonds. The SMILES string of the molecule is Nn1cnnc1SCC1CCNCC1. The Bertz CT molecular complexity index is 281. The molecule has 0 aromatic carbocycles. The summed E-state index contributed by atoms with van der Waals surface area (Å²) in [4.78, 5) is 0. The topological polar surface area (TPSA) is 68.8 Å². The molecule has 2 heterocycles. The highest BCUT2D eigenvalue weighted by molar-refractivity contribution is 7.99. The van der Waals surface area contributed by atoms with Crippen molar-refractivity contribution in [2.24, 2.45) is 5.92 Å². The van der Waals surface area contributed by atoms with Gasteiger partial charge in [0.25, 0.3) is 0 Å². The molecule has 78 valence electrons. The van der Waals surface area contributed by atoms with Crippen molar-refractivity contribution < 1.29 is 0 Å². The number of aromatic nitrogens is 3. The highest BCUT2D eigenvalue weighted by Crippen LogP contribution is 2.22.